The number of rotatable bonds is 0. The van der Waals surface area contributed by atoms with Crippen molar-refractivity contribution in [3.05, 3.63) is 6.20 Å². The molecule has 4 N–H and O–H groups in total. The monoisotopic (exact) mass is 175 g/mol. The molecule has 1 aromatic heterocycles. The number of carboxylic acids is 2. The van der Waals surface area contributed by atoms with E-state index in [9.17, 15) is 0 Å². The van der Waals surface area contributed by atoms with E-state index in [0.29, 0.717) is 5.82 Å². The second kappa shape index (κ2) is 4.66. The smallest absolute Gasteiger partial charge is 0.414 e. The Balaban J connectivity index is 0.000000202. The van der Waals surface area contributed by atoms with Crippen molar-refractivity contribution in [1.82, 2.24) is 10.3 Å². The van der Waals surface area contributed by atoms with Gasteiger partial charge in [0.15, 0.2) is 5.82 Å². The van der Waals surface area contributed by atoms with Gasteiger partial charge in [-0.15, -0.1) is 0 Å². The van der Waals surface area contributed by atoms with E-state index in [1.54, 1.807) is 0 Å². The van der Waals surface area contributed by atoms with Crippen LogP contribution < -0.4 is 5.73 Å². The van der Waals surface area contributed by atoms with E-state index in [1.165, 1.54) is 6.20 Å². The predicted molar refractivity (Wildman–Crippen MR) is 34.0 cm³/mol. The number of aromatic nitrogens is 2. The van der Waals surface area contributed by atoms with Gasteiger partial charge >= 0.3 is 11.9 Å². The number of aliphatic carboxylic acids is 2. The summed E-state index contributed by atoms with van der Waals surface area (Å²) in [5.74, 6) is -3.33. The lowest BCUT2D eigenvalue weighted by molar-refractivity contribution is -0.159. The van der Waals surface area contributed by atoms with Gasteiger partial charge in [-0.25, -0.2) is 14.2 Å². The Morgan fingerprint density at radius 2 is 1.92 bits per heavy atom. The van der Waals surface area contributed by atoms with Gasteiger partial charge in [0.25, 0.3) is 0 Å². The number of nitrogens with zero attached hydrogens (tertiary/aromatic N) is 2. The first-order valence-electron chi connectivity index (χ1n) is 2.53. The number of anilines is 1. The SMILES string of the molecule is Nc1cnon1.O=C(O)C(=O)O. The van der Waals surface area contributed by atoms with Gasteiger partial charge in [0.1, 0.15) is 6.20 Å². The molecular weight excluding hydrogens is 170 g/mol. The summed E-state index contributed by atoms with van der Waals surface area (Å²) in [5.41, 5.74) is 5.01. The molecule has 66 valence electrons. The molecule has 0 aliphatic heterocycles. The first kappa shape index (κ1) is 9.88. The van der Waals surface area contributed by atoms with Gasteiger partial charge < -0.3 is 15.9 Å². The molecule has 0 atom stereocenters. The summed E-state index contributed by atoms with van der Waals surface area (Å²) in [4.78, 5) is 18.2. The van der Waals surface area contributed by atoms with E-state index in [4.69, 9.17) is 25.5 Å². The Morgan fingerprint density at radius 3 is 2.00 bits per heavy atom. The Morgan fingerprint density at radius 1 is 1.42 bits per heavy atom. The van der Waals surface area contributed by atoms with Crippen LogP contribution in [0.15, 0.2) is 10.8 Å². The minimum atomic E-state index is -1.82. The zero-order chi connectivity index (χ0) is 9.56. The first-order chi connectivity index (χ1) is 5.54. The summed E-state index contributed by atoms with van der Waals surface area (Å²) < 4.78 is 4.09. The molecule has 0 unspecified atom stereocenters. The Labute approximate surface area is 65.6 Å². The number of carbonyl (C=O) groups is 2. The fourth-order valence-electron chi connectivity index (χ4n) is 0.172. The van der Waals surface area contributed by atoms with Crippen LogP contribution in [0.2, 0.25) is 0 Å². The van der Waals surface area contributed by atoms with Crippen LogP contribution in [0.4, 0.5) is 5.82 Å². The summed E-state index contributed by atoms with van der Waals surface area (Å²) in [6, 6.07) is 0. The fourth-order valence-corrected chi connectivity index (χ4v) is 0.172. The Bertz CT molecular complexity index is 244. The highest BCUT2D eigenvalue weighted by atomic mass is 16.6. The highest BCUT2D eigenvalue weighted by Gasteiger charge is 2.04. The summed E-state index contributed by atoms with van der Waals surface area (Å²) in [7, 11) is 0. The van der Waals surface area contributed by atoms with Crippen molar-refractivity contribution < 1.29 is 24.4 Å². The summed E-state index contributed by atoms with van der Waals surface area (Å²) in [6.45, 7) is 0. The van der Waals surface area contributed by atoms with Gasteiger partial charge in [0.2, 0.25) is 0 Å². The molecule has 12 heavy (non-hydrogen) atoms. The lowest BCUT2D eigenvalue weighted by Gasteiger charge is -1.72. The van der Waals surface area contributed by atoms with E-state index in [-0.39, 0.29) is 0 Å². The number of hydrogen-bond donors (Lipinski definition) is 3. The molecule has 0 bridgehead atoms. The van der Waals surface area contributed by atoms with E-state index < -0.39 is 11.9 Å². The third kappa shape index (κ3) is 4.73. The molecule has 0 saturated carbocycles. The van der Waals surface area contributed by atoms with Gasteiger partial charge in [-0.2, -0.15) is 0 Å². The van der Waals surface area contributed by atoms with Crippen LogP contribution in [-0.4, -0.2) is 32.5 Å². The van der Waals surface area contributed by atoms with Gasteiger partial charge in [-0.05, 0) is 5.16 Å². The van der Waals surface area contributed by atoms with Gasteiger partial charge in [0.05, 0.1) is 0 Å². The zero-order valence-corrected chi connectivity index (χ0v) is 5.67. The number of carboxylic acid groups (broad SMARTS) is 2. The molecule has 0 amide bonds. The molecule has 1 rings (SSSR count). The van der Waals surface area contributed by atoms with E-state index >= 15 is 0 Å². The third-order valence-corrected chi connectivity index (χ3v) is 0.561. The lowest BCUT2D eigenvalue weighted by atomic mass is 10.7. The molecular formula is C4H5N3O5. The highest BCUT2D eigenvalue weighted by Crippen LogP contribution is 1.84. The molecule has 0 spiro atoms. The Hall–Kier alpha value is -2.12. The molecule has 8 heteroatoms. The molecule has 0 aromatic carbocycles. The van der Waals surface area contributed by atoms with Gasteiger partial charge in [0, 0.05) is 0 Å². The summed E-state index contributed by atoms with van der Waals surface area (Å²) in [5, 5.41) is 21.2. The maximum atomic E-state index is 9.10. The van der Waals surface area contributed by atoms with Gasteiger partial charge in [-0.3, -0.25) is 0 Å². The molecule has 0 fully saturated rings. The summed E-state index contributed by atoms with van der Waals surface area (Å²) in [6.07, 6.45) is 1.33. The van der Waals surface area contributed by atoms with Crippen LogP contribution in [0, 0.1) is 0 Å². The lowest BCUT2D eigenvalue weighted by Crippen LogP contribution is -2.09. The average molecular weight is 175 g/mol. The second-order valence-corrected chi connectivity index (χ2v) is 1.44. The molecule has 0 aliphatic rings. The van der Waals surface area contributed by atoms with Crippen molar-refractivity contribution >= 4 is 17.8 Å². The number of hydrogen-bond acceptors (Lipinski definition) is 6. The van der Waals surface area contributed by atoms with Crippen molar-refractivity contribution in [2.75, 3.05) is 5.73 Å². The topological polar surface area (TPSA) is 140 Å². The maximum absolute atomic E-state index is 9.10. The standard InChI is InChI=1S/C2H3N3O.C2H2O4/c3-2-1-4-6-5-2;3-1(4)2(5)6/h1H,(H2,3,5);(H,3,4)(H,5,6). The van der Waals surface area contributed by atoms with Crippen molar-refractivity contribution in [1.29, 1.82) is 0 Å². The van der Waals surface area contributed by atoms with Crippen molar-refractivity contribution in [2.24, 2.45) is 0 Å². The van der Waals surface area contributed by atoms with Gasteiger partial charge in [-0.1, -0.05) is 5.16 Å². The quantitative estimate of drug-likeness (QED) is 0.418. The van der Waals surface area contributed by atoms with E-state index in [0.717, 1.165) is 0 Å². The normalized spacial score (nSPS) is 8.00. The van der Waals surface area contributed by atoms with Crippen LogP contribution in [0.5, 0.6) is 0 Å². The van der Waals surface area contributed by atoms with E-state index in [2.05, 4.69) is 14.9 Å². The largest absolute Gasteiger partial charge is 0.473 e. The zero-order valence-electron chi connectivity index (χ0n) is 5.67. The maximum Gasteiger partial charge on any atom is 0.414 e. The molecule has 1 aromatic rings. The third-order valence-electron chi connectivity index (χ3n) is 0.561. The number of nitrogen functional groups attached to an aromatic ring is 1. The minimum absolute atomic E-state index is 0.315. The van der Waals surface area contributed by atoms with Crippen LogP contribution in [0.25, 0.3) is 0 Å². The number of nitrogens with two attached hydrogens (primary N) is 1. The molecule has 1 heterocycles. The van der Waals surface area contributed by atoms with Crippen LogP contribution in [0.1, 0.15) is 0 Å². The first-order valence-corrected chi connectivity index (χ1v) is 2.53. The van der Waals surface area contributed by atoms with Crippen LogP contribution >= 0.6 is 0 Å². The highest BCUT2D eigenvalue weighted by molar-refractivity contribution is 6.27. The Kier molecular flexibility index (Phi) is 3.84. The van der Waals surface area contributed by atoms with Crippen molar-refractivity contribution in [2.45, 2.75) is 0 Å². The van der Waals surface area contributed by atoms with Crippen LogP contribution in [0.3, 0.4) is 0 Å². The second-order valence-electron chi connectivity index (χ2n) is 1.44. The molecule has 0 aliphatic carbocycles. The molecule has 0 saturated heterocycles. The summed E-state index contributed by atoms with van der Waals surface area (Å²) >= 11 is 0. The van der Waals surface area contributed by atoms with Crippen LogP contribution in [-0.2, 0) is 9.59 Å². The van der Waals surface area contributed by atoms with Crippen molar-refractivity contribution in [3.8, 4) is 0 Å². The van der Waals surface area contributed by atoms with Crippen molar-refractivity contribution in [3.63, 3.8) is 0 Å². The average Bonchev–Trinajstić information content (AvgIpc) is 2.40. The molecule has 0 radical (unpaired) electrons. The van der Waals surface area contributed by atoms with E-state index in [1.807, 2.05) is 0 Å². The fraction of sp³-hybridized carbons (Fsp3) is 0. The minimum Gasteiger partial charge on any atom is -0.473 e. The predicted octanol–water partition coefficient (Wildman–Crippen LogP) is -1.19. The molecule has 8 nitrogen and oxygen atoms in total.